The molecule has 0 bridgehead atoms. The Morgan fingerprint density at radius 3 is 2.67 bits per heavy atom. The number of aliphatic carboxylic acids is 1. The molecule has 0 saturated carbocycles. The zero-order valence-electron chi connectivity index (χ0n) is 13.3. The van der Waals surface area contributed by atoms with Crippen LogP contribution in [0.5, 0.6) is 0 Å². The number of rotatable bonds is 8. The van der Waals surface area contributed by atoms with Gasteiger partial charge in [-0.05, 0) is 30.9 Å². The summed E-state index contributed by atoms with van der Waals surface area (Å²) >= 11 is 0. The molecule has 0 aliphatic heterocycles. The highest BCUT2D eigenvalue weighted by molar-refractivity contribution is 5.66. The van der Waals surface area contributed by atoms with Crippen LogP contribution in [0.4, 0.5) is 11.5 Å². The highest BCUT2D eigenvalue weighted by Gasteiger charge is 2.15. The minimum atomic E-state index is -0.858. The summed E-state index contributed by atoms with van der Waals surface area (Å²) in [6.45, 7) is 1.74. The Morgan fingerprint density at radius 2 is 2.08 bits per heavy atom. The maximum atomic E-state index is 10.9. The van der Waals surface area contributed by atoms with Gasteiger partial charge < -0.3 is 10.4 Å². The topological polar surface area (TPSA) is 105 Å². The van der Waals surface area contributed by atoms with Gasteiger partial charge in [-0.3, -0.25) is 14.9 Å². The predicted octanol–water partition coefficient (Wildman–Crippen LogP) is 3.19. The molecule has 0 aliphatic carbocycles. The number of nitrogens with one attached hydrogen (secondary N) is 1. The van der Waals surface area contributed by atoms with E-state index in [-0.39, 0.29) is 18.2 Å². The van der Waals surface area contributed by atoms with Gasteiger partial charge in [0, 0.05) is 18.5 Å². The molecule has 0 fully saturated rings. The van der Waals surface area contributed by atoms with Crippen LogP contribution < -0.4 is 5.32 Å². The van der Waals surface area contributed by atoms with Gasteiger partial charge in [-0.2, -0.15) is 0 Å². The van der Waals surface area contributed by atoms with Gasteiger partial charge in [0.05, 0.1) is 4.92 Å². The summed E-state index contributed by atoms with van der Waals surface area (Å²) in [6, 6.07) is 11.1. The van der Waals surface area contributed by atoms with E-state index in [9.17, 15) is 14.9 Å². The Morgan fingerprint density at radius 1 is 1.38 bits per heavy atom. The lowest BCUT2D eigenvalue weighted by Crippen LogP contribution is -2.24. The van der Waals surface area contributed by atoms with Crippen LogP contribution >= 0.6 is 0 Å². The van der Waals surface area contributed by atoms with Crippen LogP contribution in [-0.2, 0) is 11.2 Å². The summed E-state index contributed by atoms with van der Waals surface area (Å²) in [5, 5.41) is 22.9. The molecular weight excluding hydrogens is 310 g/mol. The van der Waals surface area contributed by atoms with Crippen LogP contribution in [0.1, 0.15) is 24.0 Å². The first kappa shape index (κ1) is 17.4. The maximum absolute atomic E-state index is 10.9. The number of pyridine rings is 1. The summed E-state index contributed by atoms with van der Waals surface area (Å²) in [6.07, 6.45) is 2.32. The molecule has 1 heterocycles. The normalized spacial score (nSPS) is 11.7. The third-order valence-electron chi connectivity index (χ3n) is 3.65. The lowest BCUT2D eigenvalue weighted by atomic mass is 10.0. The van der Waals surface area contributed by atoms with Gasteiger partial charge in [0.15, 0.2) is 0 Å². The number of nitrogens with zero attached hydrogens (tertiary/aromatic N) is 2. The van der Waals surface area contributed by atoms with Gasteiger partial charge in [0.25, 0.3) is 5.69 Å². The molecule has 0 saturated heterocycles. The molecule has 2 N–H and O–H groups in total. The number of hydrogen-bond donors (Lipinski definition) is 2. The van der Waals surface area contributed by atoms with Crippen LogP contribution in [0.3, 0.4) is 0 Å². The molecule has 0 aliphatic rings. The molecule has 1 aromatic carbocycles. The Hall–Kier alpha value is -2.96. The van der Waals surface area contributed by atoms with Crippen LogP contribution in [-0.4, -0.2) is 27.0 Å². The van der Waals surface area contributed by atoms with E-state index in [2.05, 4.69) is 10.3 Å². The first-order chi connectivity index (χ1) is 11.5. The molecule has 24 heavy (non-hydrogen) atoms. The number of nitro groups is 1. The fourth-order valence-electron chi connectivity index (χ4n) is 2.43. The van der Waals surface area contributed by atoms with Crippen molar-refractivity contribution in [3.63, 3.8) is 0 Å². The van der Waals surface area contributed by atoms with E-state index in [4.69, 9.17) is 5.11 Å². The first-order valence-corrected chi connectivity index (χ1v) is 7.59. The van der Waals surface area contributed by atoms with Crippen molar-refractivity contribution >= 4 is 17.5 Å². The Kier molecular flexibility index (Phi) is 5.83. The number of anilines is 1. The van der Waals surface area contributed by atoms with Crippen LogP contribution in [0.2, 0.25) is 0 Å². The number of hydrogen-bond acceptors (Lipinski definition) is 5. The number of carbonyl (C=O) groups is 1. The maximum Gasteiger partial charge on any atom is 0.303 e. The summed E-state index contributed by atoms with van der Waals surface area (Å²) in [4.78, 5) is 25.3. The summed E-state index contributed by atoms with van der Waals surface area (Å²) in [5.74, 6) is -0.324. The summed E-state index contributed by atoms with van der Waals surface area (Å²) in [5.41, 5.74) is 1.67. The van der Waals surface area contributed by atoms with Crippen molar-refractivity contribution in [3.8, 4) is 0 Å². The largest absolute Gasteiger partial charge is 0.481 e. The number of carboxylic acids is 1. The molecule has 7 heteroatoms. The summed E-state index contributed by atoms with van der Waals surface area (Å²) in [7, 11) is 0. The third-order valence-corrected chi connectivity index (χ3v) is 3.65. The van der Waals surface area contributed by atoms with Crippen molar-refractivity contribution in [3.05, 3.63) is 63.8 Å². The lowest BCUT2D eigenvalue weighted by molar-refractivity contribution is -0.385. The van der Waals surface area contributed by atoms with Crippen molar-refractivity contribution in [1.82, 2.24) is 4.98 Å². The number of aryl methyl sites for hydroxylation is 1. The SMILES string of the molecule is Cc1cc([N+](=O)[O-])cnc1NC(CCC(=O)O)Cc1ccccc1. The van der Waals surface area contributed by atoms with Gasteiger partial charge in [-0.1, -0.05) is 30.3 Å². The van der Waals surface area contributed by atoms with E-state index in [1.807, 2.05) is 30.3 Å². The quantitative estimate of drug-likeness (QED) is 0.569. The molecule has 0 amide bonds. The molecule has 1 aromatic heterocycles. The van der Waals surface area contributed by atoms with Gasteiger partial charge >= 0.3 is 5.97 Å². The number of benzene rings is 1. The zero-order valence-corrected chi connectivity index (χ0v) is 13.3. The highest BCUT2D eigenvalue weighted by Crippen LogP contribution is 2.20. The molecule has 126 valence electrons. The molecule has 2 aromatic rings. The second kappa shape index (κ2) is 8.05. The van der Waals surface area contributed by atoms with E-state index < -0.39 is 10.9 Å². The van der Waals surface area contributed by atoms with Crippen molar-refractivity contribution in [2.24, 2.45) is 0 Å². The average Bonchev–Trinajstić information content (AvgIpc) is 2.55. The van der Waals surface area contributed by atoms with Crippen molar-refractivity contribution < 1.29 is 14.8 Å². The Labute approximate surface area is 139 Å². The lowest BCUT2D eigenvalue weighted by Gasteiger charge is -2.20. The van der Waals surface area contributed by atoms with E-state index in [1.54, 1.807) is 6.92 Å². The fraction of sp³-hybridized carbons (Fsp3) is 0.294. The number of aromatic nitrogens is 1. The second-order valence-electron chi connectivity index (χ2n) is 5.58. The molecule has 2 rings (SSSR count). The van der Waals surface area contributed by atoms with Crippen LogP contribution in [0.15, 0.2) is 42.6 Å². The molecule has 1 unspecified atom stereocenters. The standard InChI is InChI=1S/C17H19N3O4/c1-12-9-15(20(23)24)11-18-17(12)19-14(7-8-16(21)22)10-13-5-3-2-4-6-13/h2-6,9,11,14H,7-8,10H2,1H3,(H,18,19)(H,21,22). The Balaban J connectivity index is 2.14. The fourth-order valence-corrected chi connectivity index (χ4v) is 2.43. The highest BCUT2D eigenvalue weighted by atomic mass is 16.6. The smallest absolute Gasteiger partial charge is 0.303 e. The second-order valence-corrected chi connectivity index (χ2v) is 5.58. The first-order valence-electron chi connectivity index (χ1n) is 7.59. The van der Waals surface area contributed by atoms with E-state index >= 15 is 0 Å². The minimum Gasteiger partial charge on any atom is -0.481 e. The van der Waals surface area contributed by atoms with Gasteiger partial charge in [0.2, 0.25) is 0 Å². The Bertz CT molecular complexity index is 719. The number of carboxylic acid groups (broad SMARTS) is 1. The van der Waals surface area contributed by atoms with Crippen molar-refractivity contribution in [2.45, 2.75) is 32.2 Å². The van der Waals surface area contributed by atoms with Crippen molar-refractivity contribution in [1.29, 1.82) is 0 Å². The monoisotopic (exact) mass is 329 g/mol. The molecule has 1 atom stereocenters. The van der Waals surface area contributed by atoms with Crippen LogP contribution in [0, 0.1) is 17.0 Å². The molecular formula is C17H19N3O4. The van der Waals surface area contributed by atoms with Crippen LogP contribution in [0.25, 0.3) is 0 Å². The van der Waals surface area contributed by atoms with E-state index in [1.165, 1.54) is 12.3 Å². The molecule has 7 nitrogen and oxygen atoms in total. The van der Waals surface area contributed by atoms with E-state index in [0.717, 1.165) is 5.56 Å². The van der Waals surface area contributed by atoms with Gasteiger partial charge in [-0.15, -0.1) is 0 Å². The zero-order chi connectivity index (χ0) is 17.5. The predicted molar refractivity (Wildman–Crippen MR) is 90.1 cm³/mol. The molecule has 0 radical (unpaired) electrons. The van der Waals surface area contributed by atoms with Gasteiger partial charge in [0.1, 0.15) is 12.0 Å². The minimum absolute atomic E-state index is 0.0382. The van der Waals surface area contributed by atoms with Crippen molar-refractivity contribution in [2.75, 3.05) is 5.32 Å². The summed E-state index contributed by atoms with van der Waals surface area (Å²) < 4.78 is 0. The average molecular weight is 329 g/mol. The van der Waals surface area contributed by atoms with Gasteiger partial charge in [-0.25, -0.2) is 4.98 Å². The third kappa shape index (κ3) is 5.05. The molecule has 0 spiro atoms. The van der Waals surface area contributed by atoms with E-state index in [0.29, 0.717) is 24.2 Å².